The van der Waals surface area contributed by atoms with Gasteiger partial charge in [-0.2, -0.15) is 0 Å². The van der Waals surface area contributed by atoms with Crippen LogP contribution in [0.2, 0.25) is 0 Å². The van der Waals surface area contributed by atoms with Crippen LogP contribution in [-0.2, 0) is 0 Å². The molecule has 0 aliphatic carbocycles. The maximum absolute atomic E-state index is 5.54. The average Bonchev–Trinajstić information content (AvgIpc) is 3.12. The van der Waals surface area contributed by atoms with Gasteiger partial charge in [-0.3, -0.25) is 9.89 Å². The quantitative estimate of drug-likeness (QED) is 0.256. The molecule has 0 spiro atoms. The van der Waals surface area contributed by atoms with Crippen LogP contribution in [0.5, 0.6) is 0 Å². The lowest BCUT2D eigenvalue weighted by atomic mass is 10.2. The second-order valence-electron chi connectivity index (χ2n) is 6.07. The lowest BCUT2D eigenvalue weighted by Crippen LogP contribution is -2.43. The molecule has 0 aliphatic rings. The Morgan fingerprint density at radius 2 is 1.81 bits per heavy atom. The number of rotatable bonds is 8. The molecule has 1 aromatic carbocycles. The number of thioether (sulfide) groups is 1. The summed E-state index contributed by atoms with van der Waals surface area (Å²) in [5.74, 6) is 1.75. The fourth-order valence-electron chi connectivity index (χ4n) is 2.45. The lowest BCUT2D eigenvalue weighted by molar-refractivity contribution is 0.258. The van der Waals surface area contributed by atoms with Crippen molar-refractivity contribution in [1.29, 1.82) is 0 Å². The molecule has 2 N–H and O–H groups in total. The third-order valence-electron chi connectivity index (χ3n) is 3.82. The molecule has 0 bridgehead atoms. The van der Waals surface area contributed by atoms with Gasteiger partial charge in [-0.1, -0.05) is 25.1 Å². The molecule has 0 fully saturated rings. The van der Waals surface area contributed by atoms with Crippen molar-refractivity contribution in [3.05, 3.63) is 54.5 Å². The molecule has 0 radical (unpaired) electrons. The van der Waals surface area contributed by atoms with Crippen LogP contribution >= 0.6 is 35.7 Å². The van der Waals surface area contributed by atoms with Crippen molar-refractivity contribution < 1.29 is 4.42 Å². The van der Waals surface area contributed by atoms with Crippen LogP contribution in [0.3, 0.4) is 0 Å². The van der Waals surface area contributed by atoms with Gasteiger partial charge in [0.05, 0.1) is 12.3 Å². The topological polar surface area (TPSA) is 52.8 Å². The molecule has 26 heavy (non-hydrogen) atoms. The van der Waals surface area contributed by atoms with Crippen molar-refractivity contribution in [3.8, 4) is 0 Å². The Bertz CT molecular complexity index is 634. The van der Waals surface area contributed by atoms with Crippen LogP contribution in [0.15, 0.2) is 63.0 Å². The zero-order chi connectivity index (χ0) is 18.1. The van der Waals surface area contributed by atoms with Crippen molar-refractivity contribution in [2.24, 2.45) is 4.99 Å². The zero-order valence-electron chi connectivity index (χ0n) is 15.8. The molecule has 0 saturated heterocycles. The molecule has 0 amide bonds. The molecule has 1 aromatic heterocycles. The smallest absolute Gasteiger partial charge is 0.191 e. The number of aliphatic imine (C=N–C) groups is 1. The van der Waals surface area contributed by atoms with E-state index in [1.807, 2.05) is 44.1 Å². The van der Waals surface area contributed by atoms with Gasteiger partial charge in [0.15, 0.2) is 5.96 Å². The van der Waals surface area contributed by atoms with Gasteiger partial charge in [-0.25, -0.2) is 0 Å². The Hall–Kier alpha value is -1.19. The first-order valence-electron chi connectivity index (χ1n) is 8.46. The first-order chi connectivity index (χ1) is 12.1. The number of hydrogen-bond acceptors (Lipinski definition) is 4. The molecule has 0 aliphatic heterocycles. The van der Waals surface area contributed by atoms with Gasteiger partial charge in [0.25, 0.3) is 0 Å². The number of likely N-dealkylation sites (N-methyl/N-ethyl adjacent to an activating group) is 1. The van der Waals surface area contributed by atoms with Gasteiger partial charge in [-0.15, -0.1) is 35.7 Å². The SMILES string of the molecule is CN=C(NCC(C)Sc1ccccc1)NCC(c1ccco1)N(C)C.I. The predicted octanol–water partition coefficient (Wildman–Crippen LogP) is 3.85. The Morgan fingerprint density at radius 3 is 2.38 bits per heavy atom. The summed E-state index contributed by atoms with van der Waals surface area (Å²) in [6.45, 7) is 3.77. The molecule has 2 aromatic rings. The third-order valence-corrected chi connectivity index (χ3v) is 4.93. The molecule has 7 heteroatoms. The fourth-order valence-corrected chi connectivity index (χ4v) is 3.39. The minimum atomic E-state index is 0. The largest absolute Gasteiger partial charge is 0.468 e. The number of nitrogens with zero attached hydrogens (tertiary/aromatic N) is 2. The second kappa shape index (κ2) is 12.2. The standard InChI is InChI=1S/C19H28N4OS.HI/c1-15(25-16-9-6-5-7-10-16)13-21-19(20-2)22-14-17(23(3)4)18-11-8-12-24-18;/h5-12,15,17H,13-14H2,1-4H3,(H2,20,21,22);1H. The van der Waals surface area contributed by atoms with Crippen LogP contribution in [0, 0.1) is 0 Å². The van der Waals surface area contributed by atoms with Gasteiger partial charge in [0, 0.05) is 30.3 Å². The third kappa shape index (κ3) is 7.59. The van der Waals surface area contributed by atoms with Gasteiger partial charge >= 0.3 is 0 Å². The van der Waals surface area contributed by atoms with Crippen LogP contribution in [0.25, 0.3) is 0 Å². The number of furan rings is 1. The van der Waals surface area contributed by atoms with Crippen molar-refractivity contribution in [1.82, 2.24) is 15.5 Å². The summed E-state index contributed by atoms with van der Waals surface area (Å²) in [6.07, 6.45) is 1.71. The molecular weight excluding hydrogens is 459 g/mol. The van der Waals surface area contributed by atoms with Crippen molar-refractivity contribution in [3.63, 3.8) is 0 Å². The van der Waals surface area contributed by atoms with E-state index in [2.05, 4.69) is 51.7 Å². The maximum Gasteiger partial charge on any atom is 0.191 e. The zero-order valence-corrected chi connectivity index (χ0v) is 19.0. The van der Waals surface area contributed by atoms with E-state index in [9.17, 15) is 0 Å². The van der Waals surface area contributed by atoms with E-state index in [1.165, 1.54) is 4.90 Å². The molecule has 2 atom stereocenters. The Labute approximate surface area is 178 Å². The number of hydrogen-bond donors (Lipinski definition) is 2. The maximum atomic E-state index is 5.54. The molecule has 2 rings (SSSR count). The monoisotopic (exact) mass is 488 g/mol. The highest BCUT2D eigenvalue weighted by Gasteiger charge is 2.17. The van der Waals surface area contributed by atoms with E-state index in [0.717, 1.165) is 24.8 Å². The second-order valence-corrected chi connectivity index (χ2v) is 7.58. The van der Waals surface area contributed by atoms with E-state index in [4.69, 9.17) is 4.42 Å². The summed E-state index contributed by atoms with van der Waals surface area (Å²) >= 11 is 1.85. The number of halogens is 1. The summed E-state index contributed by atoms with van der Waals surface area (Å²) < 4.78 is 5.54. The highest BCUT2D eigenvalue weighted by atomic mass is 127. The van der Waals surface area contributed by atoms with E-state index in [0.29, 0.717) is 5.25 Å². The van der Waals surface area contributed by atoms with Crippen LogP contribution in [0.4, 0.5) is 0 Å². The number of benzene rings is 1. The highest BCUT2D eigenvalue weighted by molar-refractivity contribution is 14.0. The van der Waals surface area contributed by atoms with E-state index >= 15 is 0 Å². The molecule has 2 unspecified atom stereocenters. The minimum absolute atomic E-state index is 0. The van der Waals surface area contributed by atoms with Crippen LogP contribution in [-0.4, -0.2) is 50.3 Å². The number of guanidine groups is 1. The van der Waals surface area contributed by atoms with Gasteiger partial charge in [0.1, 0.15) is 5.76 Å². The van der Waals surface area contributed by atoms with Gasteiger partial charge in [0.2, 0.25) is 0 Å². The van der Waals surface area contributed by atoms with Crippen LogP contribution < -0.4 is 10.6 Å². The summed E-state index contributed by atoms with van der Waals surface area (Å²) in [6, 6.07) is 14.5. The van der Waals surface area contributed by atoms with Gasteiger partial charge in [-0.05, 0) is 38.4 Å². The van der Waals surface area contributed by atoms with Crippen molar-refractivity contribution in [2.75, 3.05) is 34.2 Å². The summed E-state index contributed by atoms with van der Waals surface area (Å²) in [4.78, 5) is 7.73. The molecular formula is C19H29IN4OS. The molecule has 1 heterocycles. The molecule has 5 nitrogen and oxygen atoms in total. The summed E-state index contributed by atoms with van der Waals surface area (Å²) in [5.41, 5.74) is 0. The lowest BCUT2D eigenvalue weighted by Gasteiger charge is -2.24. The normalized spacial score (nSPS) is 13.8. The minimum Gasteiger partial charge on any atom is -0.468 e. The summed E-state index contributed by atoms with van der Waals surface area (Å²) in [7, 11) is 5.88. The Kier molecular flexibility index (Phi) is 10.8. The van der Waals surface area contributed by atoms with Crippen molar-refractivity contribution >= 4 is 41.7 Å². The highest BCUT2D eigenvalue weighted by Crippen LogP contribution is 2.22. The molecule has 144 valence electrons. The number of nitrogens with one attached hydrogen (secondary N) is 2. The fraction of sp³-hybridized carbons (Fsp3) is 0.421. The van der Waals surface area contributed by atoms with E-state index in [-0.39, 0.29) is 30.0 Å². The van der Waals surface area contributed by atoms with E-state index in [1.54, 1.807) is 13.3 Å². The average molecular weight is 488 g/mol. The van der Waals surface area contributed by atoms with Crippen LogP contribution in [0.1, 0.15) is 18.7 Å². The summed E-state index contributed by atoms with van der Waals surface area (Å²) in [5, 5.41) is 7.22. The predicted molar refractivity (Wildman–Crippen MR) is 122 cm³/mol. The van der Waals surface area contributed by atoms with E-state index < -0.39 is 0 Å². The molecule has 0 saturated carbocycles. The van der Waals surface area contributed by atoms with Gasteiger partial charge < -0.3 is 15.1 Å². The Morgan fingerprint density at radius 1 is 1.12 bits per heavy atom. The van der Waals surface area contributed by atoms with Crippen molar-refractivity contribution in [2.45, 2.75) is 23.1 Å². The first kappa shape index (κ1) is 22.9. The Balaban J connectivity index is 0.00000338. The first-order valence-corrected chi connectivity index (χ1v) is 9.34.